The first-order chi connectivity index (χ1) is 13.6. The van der Waals surface area contributed by atoms with Crippen LogP contribution in [-0.4, -0.2) is 48.3 Å². The summed E-state index contributed by atoms with van der Waals surface area (Å²) in [6.07, 6.45) is 2.30. The lowest BCUT2D eigenvalue weighted by Crippen LogP contribution is -2.37. The molecule has 1 aliphatic rings. The molecule has 1 atom stereocenters. The molecule has 0 unspecified atom stereocenters. The van der Waals surface area contributed by atoms with Crippen molar-refractivity contribution in [3.05, 3.63) is 46.7 Å². The zero-order valence-corrected chi connectivity index (χ0v) is 17.3. The van der Waals surface area contributed by atoms with Crippen molar-refractivity contribution in [2.45, 2.75) is 30.4 Å². The highest BCUT2D eigenvalue weighted by Crippen LogP contribution is 2.26. The summed E-state index contributed by atoms with van der Waals surface area (Å²) >= 11 is 3.02. The number of nitrogens with two attached hydrogens (primary N) is 1. The summed E-state index contributed by atoms with van der Waals surface area (Å²) in [5.41, 5.74) is 5.94. The van der Waals surface area contributed by atoms with E-state index in [1.54, 1.807) is 11.3 Å². The number of thiophene rings is 1. The predicted octanol–water partition coefficient (Wildman–Crippen LogP) is 2.95. The Morgan fingerprint density at radius 2 is 2.14 bits per heavy atom. The van der Waals surface area contributed by atoms with E-state index in [1.165, 1.54) is 16.6 Å². The Balaban J connectivity index is 1.62. The molecule has 1 saturated heterocycles. The van der Waals surface area contributed by atoms with Crippen LogP contribution in [0.1, 0.15) is 17.7 Å². The smallest absolute Gasteiger partial charge is 0.238 e. The number of nitrogens with zero attached hydrogens (tertiary/aromatic N) is 1. The quantitative estimate of drug-likeness (QED) is 0.579. The van der Waals surface area contributed by atoms with Crippen LogP contribution in [0.3, 0.4) is 0 Å². The van der Waals surface area contributed by atoms with Crippen LogP contribution < -0.4 is 11.1 Å². The van der Waals surface area contributed by atoms with Gasteiger partial charge in [0.05, 0.1) is 24.1 Å². The van der Waals surface area contributed by atoms with Crippen molar-refractivity contribution in [3.8, 4) is 0 Å². The van der Waals surface area contributed by atoms with Gasteiger partial charge in [0.2, 0.25) is 11.8 Å². The van der Waals surface area contributed by atoms with Crippen LogP contribution in [0.15, 0.2) is 46.7 Å². The maximum absolute atomic E-state index is 12.7. The molecule has 1 aromatic carbocycles. The molecule has 2 amide bonds. The highest BCUT2D eigenvalue weighted by Gasteiger charge is 2.21. The van der Waals surface area contributed by atoms with Gasteiger partial charge in [-0.25, -0.2) is 0 Å². The molecular formula is C20H25N3O3S2. The first kappa shape index (κ1) is 20.9. The van der Waals surface area contributed by atoms with Gasteiger partial charge in [-0.1, -0.05) is 18.2 Å². The van der Waals surface area contributed by atoms with Crippen molar-refractivity contribution in [2.24, 2.45) is 5.73 Å². The van der Waals surface area contributed by atoms with E-state index in [0.29, 0.717) is 5.69 Å². The molecule has 3 rings (SSSR count). The standard InChI is InChI=1S/C20H25N3O3S2/c21-19(24)14-28-18-8-2-1-7-17(18)22-20(25)13-23(11-15-5-3-9-26-15)12-16-6-4-10-27-16/h1-2,4,6-8,10,15H,3,5,9,11-14H2,(H2,21,24)(H,22,25)/t15-/m0/s1. The Labute approximate surface area is 173 Å². The lowest BCUT2D eigenvalue weighted by atomic mass is 10.2. The van der Waals surface area contributed by atoms with Gasteiger partial charge in [-0.15, -0.1) is 23.1 Å². The minimum absolute atomic E-state index is 0.0818. The largest absolute Gasteiger partial charge is 0.377 e. The average molecular weight is 420 g/mol. The number of carbonyl (C=O) groups excluding carboxylic acids is 2. The Morgan fingerprint density at radius 1 is 1.29 bits per heavy atom. The van der Waals surface area contributed by atoms with E-state index in [1.807, 2.05) is 35.7 Å². The fourth-order valence-electron chi connectivity index (χ4n) is 3.12. The number of primary amides is 1. The van der Waals surface area contributed by atoms with Gasteiger partial charge in [0.1, 0.15) is 0 Å². The molecule has 1 fully saturated rings. The maximum Gasteiger partial charge on any atom is 0.238 e. The summed E-state index contributed by atoms with van der Waals surface area (Å²) in [4.78, 5) is 28.0. The highest BCUT2D eigenvalue weighted by atomic mass is 32.2. The van der Waals surface area contributed by atoms with Gasteiger partial charge in [0, 0.05) is 29.5 Å². The fraction of sp³-hybridized carbons (Fsp3) is 0.400. The van der Waals surface area contributed by atoms with Crippen molar-refractivity contribution < 1.29 is 14.3 Å². The summed E-state index contributed by atoms with van der Waals surface area (Å²) in [7, 11) is 0. The zero-order chi connectivity index (χ0) is 19.8. The molecule has 0 bridgehead atoms. The van der Waals surface area contributed by atoms with Gasteiger partial charge < -0.3 is 15.8 Å². The highest BCUT2D eigenvalue weighted by molar-refractivity contribution is 8.00. The molecule has 28 heavy (non-hydrogen) atoms. The molecule has 0 radical (unpaired) electrons. The van der Waals surface area contributed by atoms with Crippen LogP contribution in [0, 0.1) is 0 Å². The van der Waals surface area contributed by atoms with Crippen LogP contribution >= 0.6 is 23.1 Å². The first-order valence-electron chi connectivity index (χ1n) is 9.26. The molecule has 6 nitrogen and oxygen atoms in total. The number of anilines is 1. The number of carbonyl (C=O) groups is 2. The third-order valence-electron chi connectivity index (χ3n) is 4.34. The summed E-state index contributed by atoms with van der Waals surface area (Å²) in [6.45, 7) is 2.55. The first-order valence-corrected chi connectivity index (χ1v) is 11.1. The Bertz CT molecular complexity index is 777. The average Bonchev–Trinajstić information content (AvgIpc) is 3.35. The number of ether oxygens (including phenoxy) is 1. The normalized spacial score (nSPS) is 16.4. The van der Waals surface area contributed by atoms with Gasteiger partial charge in [-0.2, -0.15) is 0 Å². The van der Waals surface area contributed by atoms with E-state index >= 15 is 0 Å². The summed E-state index contributed by atoms with van der Waals surface area (Å²) in [5, 5.41) is 5.03. The topological polar surface area (TPSA) is 84.7 Å². The Hall–Kier alpha value is -1.87. The summed E-state index contributed by atoms with van der Waals surface area (Å²) in [5.74, 6) is -0.289. The Morgan fingerprint density at radius 3 is 2.86 bits per heavy atom. The molecule has 2 heterocycles. The van der Waals surface area contributed by atoms with Crippen LogP contribution in [0.25, 0.3) is 0 Å². The van der Waals surface area contributed by atoms with Crippen LogP contribution in [0.4, 0.5) is 5.69 Å². The number of nitrogens with one attached hydrogen (secondary N) is 1. The number of para-hydroxylation sites is 1. The van der Waals surface area contributed by atoms with Crippen LogP contribution in [0.5, 0.6) is 0 Å². The Kier molecular flexibility index (Phi) is 7.90. The van der Waals surface area contributed by atoms with Crippen molar-refractivity contribution in [1.29, 1.82) is 0 Å². The number of hydrogen-bond acceptors (Lipinski definition) is 6. The lowest BCUT2D eigenvalue weighted by molar-refractivity contribution is -0.118. The fourth-order valence-corrected chi connectivity index (χ4v) is 4.62. The molecule has 0 aliphatic carbocycles. The maximum atomic E-state index is 12.7. The van der Waals surface area contributed by atoms with Gasteiger partial charge in [0.15, 0.2) is 0 Å². The van der Waals surface area contributed by atoms with E-state index in [9.17, 15) is 9.59 Å². The number of amides is 2. The van der Waals surface area contributed by atoms with Gasteiger partial charge in [-0.3, -0.25) is 14.5 Å². The lowest BCUT2D eigenvalue weighted by Gasteiger charge is -2.24. The second-order valence-corrected chi connectivity index (χ2v) is 8.73. The number of hydrogen-bond donors (Lipinski definition) is 2. The number of benzene rings is 1. The molecule has 1 aromatic heterocycles. The van der Waals surface area contributed by atoms with Gasteiger partial charge in [0.25, 0.3) is 0 Å². The second-order valence-electron chi connectivity index (χ2n) is 6.68. The van der Waals surface area contributed by atoms with Gasteiger partial charge in [-0.05, 0) is 36.4 Å². The van der Waals surface area contributed by atoms with Crippen LogP contribution in [0.2, 0.25) is 0 Å². The van der Waals surface area contributed by atoms with Crippen molar-refractivity contribution in [1.82, 2.24) is 4.90 Å². The molecule has 3 N–H and O–H groups in total. The molecule has 0 saturated carbocycles. The van der Waals surface area contributed by atoms with E-state index < -0.39 is 0 Å². The van der Waals surface area contributed by atoms with E-state index in [4.69, 9.17) is 10.5 Å². The number of rotatable bonds is 10. The van der Waals surface area contributed by atoms with Crippen molar-refractivity contribution >= 4 is 40.6 Å². The van der Waals surface area contributed by atoms with Gasteiger partial charge >= 0.3 is 0 Å². The minimum Gasteiger partial charge on any atom is -0.377 e. The molecular weight excluding hydrogens is 394 g/mol. The molecule has 150 valence electrons. The van der Waals surface area contributed by atoms with Crippen molar-refractivity contribution in [2.75, 3.05) is 30.8 Å². The third kappa shape index (κ3) is 6.63. The van der Waals surface area contributed by atoms with E-state index in [0.717, 1.165) is 37.4 Å². The molecule has 2 aromatic rings. The summed E-state index contributed by atoms with van der Waals surface area (Å²) < 4.78 is 5.76. The molecule has 0 spiro atoms. The molecule has 8 heteroatoms. The van der Waals surface area contributed by atoms with E-state index in [2.05, 4.69) is 16.3 Å². The van der Waals surface area contributed by atoms with Crippen molar-refractivity contribution in [3.63, 3.8) is 0 Å². The van der Waals surface area contributed by atoms with Crippen LogP contribution in [-0.2, 0) is 20.9 Å². The van der Waals surface area contributed by atoms with E-state index in [-0.39, 0.29) is 30.2 Å². The third-order valence-corrected chi connectivity index (χ3v) is 6.30. The predicted molar refractivity (Wildman–Crippen MR) is 114 cm³/mol. The monoisotopic (exact) mass is 419 g/mol. The zero-order valence-electron chi connectivity index (χ0n) is 15.6. The SMILES string of the molecule is NC(=O)CSc1ccccc1NC(=O)CN(Cc1cccs1)C[C@@H]1CCCO1. The second kappa shape index (κ2) is 10.6. The molecule has 1 aliphatic heterocycles. The summed E-state index contributed by atoms with van der Waals surface area (Å²) in [6, 6.07) is 11.6. The number of thioether (sulfide) groups is 1. The minimum atomic E-state index is -0.384.